The molecule has 2 N–H and O–H groups in total. The van der Waals surface area contributed by atoms with Crippen LogP contribution in [0, 0.1) is 11.6 Å². The molecule has 2 rings (SSSR count). The van der Waals surface area contributed by atoms with E-state index in [4.69, 9.17) is 0 Å². The van der Waals surface area contributed by atoms with Crippen molar-refractivity contribution in [1.29, 1.82) is 0 Å². The van der Waals surface area contributed by atoms with Crippen LogP contribution in [0.2, 0.25) is 0 Å². The zero-order valence-corrected chi connectivity index (χ0v) is 12.2. The van der Waals surface area contributed by atoms with Crippen molar-refractivity contribution in [3.8, 4) is 0 Å². The number of aliphatic imine (C=N–C) groups is 1. The van der Waals surface area contributed by atoms with Gasteiger partial charge < -0.3 is 10.6 Å². The number of hydrogen-bond donors (Lipinski definition) is 2. The molecule has 0 unspecified atom stereocenters. The van der Waals surface area contributed by atoms with E-state index >= 15 is 0 Å². The van der Waals surface area contributed by atoms with Crippen LogP contribution in [-0.2, 0) is 6.42 Å². The number of rotatable bonds is 3. The fraction of sp³-hybridized carbons (Fsp3) is 0.417. The van der Waals surface area contributed by atoms with Gasteiger partial charge in [-0.25, -0.2) is 8.78 Å². The second kappa shape index (κ2) is 7.50. The lowest BCUT2D eigenvalue weighted by atomic mass is 10.1. The van der Waals surface area contributed by atoms with Gasteiger partial charge in [-0.05, 0) is 30.5 Å². The molecule has 1 aliphatic rings. The minimum atomic E-state index is -0.534. The molecule has 1 heterocycles. The normalized spacial score (nSPS) is 14.2. The van der Waals surface area contributed by atoms with Crippen LogP contribution in [0.4, 0.5) is 8.78 Å². The van der Waals surface area contributed by atoms with Crippen LogP contribution in [0.5, 0.6) is 0 Å². The minimum Gasteiger partial charge on any atom is -0.356 e. The molecule has 1 aliphatic heterocycles. The van der Waals surface area contributed by atoms with Crippen LogP contribution in [0.25, 0.3) is 0 Å². The van der Waals surface area contributed by atoms with Gasteiger partial charge in [-0.2, -0.15) is 0 Å². The minimum absolute atomic E-state index is 0. The monoisotopic (exact) mass is 367 g/mol. The van der Waals surface area contributed by atoms with Crippen LogP contribution in [0.1, 0.15) is 12.0 Å². The average Bonchev–Trinajstić information content (AvgIpc) is 2.29. The van der Waals surface area contributed by atoms with Gasteiger partial charge >= 0.3 is 0 Å². The summed E-state index contributed by atoms with van der Waals surface area (Å²) in [6.07, 6.45) is 1.61. The van der Waals surface area contributed by atoms with E-state index in [0.717, 1.165) is 31.5 Å². The van der Waals surface area contributed by atoms with Gasteiger partial charge in [0.15, 0.2) is 5.96 Å². The van der Waals surface area contributed by atoms with Crippen LogP contribution >= 0.6 is 24.0 Å². The molecule has 0 aromatic heterocycles. The Balaban J connectivity index is 0.00000162. The Bertz CT molecular complexity index is 404. The third-order valence-electron chi connectivity index (χ3n) is 2.53. The lowest BCUT2D eigenvalue weighted by molar-refractivity contribution is 0.579. The Kier molecular flexibility index (Phi) is 6.31. The molecule has 0 amide bonds. The van der Waals surface area contributed by atoms with Crippen LogP contribution in [0.15, 0.2) is 23.2 Å². The van der Waals surface area contributed by atoms with Crippen molar-refractivity contribution in [2.75, 3.05) is 19.6 Å². The summed E-state index contributed by atoms with van der Waals surface area (Å²) in [7, 11) is 0. The molecular weight excluding hydrogens is 351 g/mol. The van der Waals surface area contributed by atoms with Gasteiger partial charge in [-0.1, -0.05) is 0 Å². The highest BCUT2D eigenvalue weighted by atomic mass is 127. The highest BCUT2D eigenvalue weighted by Gasteiger charge is 2.04. The Morgan fingerprint density at radius 2 is 1.94 bits per heavy atom. The predicted molar refractivity (Wildman–Crippen MR) is 78.4 cm³/mol. The second-order valence-electron chi connectivity index (χ2n) is 3.97. The van der Waals surface area contributed by atoms with E-state index in [9.17, 15) is 8.78 Å². The smallest absolute Gasteiger partial charge is 0.191 e. The summed E-state index contributed by atoms with van der Waals surface area (Å²) in [5.74, 6) is -0.297. The van der Waals surface area contributed by atoms with Gasteiger partial charge in [-0.15, -0.1) is 24.0 Å². The number of nitrogens with zero attached hydrogens (tertiary/aromatic N) is 1. The van der Waals surface area contributed by atoms with Gasteiger partial charge in [-0.3, -0.25) is 4.99 Å². The first-order valence-corrected chi connectivity index (χ1v) is 5.71. The summed E-state index contributed by atoms with van der Waals surface area (Å²) in [5, 5.41) is 6.22. The SMILES string of the molecule is Fc1cc(F)cc(CCNC2=NCCCN2)c1.I. The fourth-order valence-corrected chi connectivity index (χ4v) is 1.73. The standard InChI is InChI=1S/C12H15F2N3.HI/c13-10-6-9(7-11(14)8-10)2-5-17-12-15-3-1-4-16-12;/h6-8H,1-5H2,(H2,15,16,17);1H. The van der Waals surface area contributed by atoms with Crippen molar-refractivity contribution in [3.05, 3.63) is 35.4 Å². The van der Waals surface area contributed by atoms with E-state index in [-0.39, 0.29) is 24.0 Å². The first-order valence-electron chi connectivity index (χ1n) is 5.71. The van der Waals surface area contributed by atoms with E-state index in [1.165, 1.54) is 12.1 Å². The topological polar surface area (TPSA) is 36.4 Å². The number of benzene rings is 1. The Labute approximate surface area is 122 Å². The third-order valence-corrected chi connectivity index (χ3v) is 2.53. The molecule has 100 valence electrons. The number of hydrogen-bond acceptors (Lipinski definition) is 3. The second-order valence-corrected chi connectivity index (χ2v) is 3.97. The zero-order valence-electron chi connectivity index (χ0n) is 9.88. The van der Waals surface area contributed by atoms with Crippen molar-refractivity contribution < 1.29 is 8.78 Å². The maximum Gasteiger partial charge on any atom is 0.191 e. The number of halogens is 3. The molecule has 0 fully saturated rings. The average molecular weight is 367 g/mol. The molecule has 6 heteroatoms. The zero-order chi connectivity index (χ0) is 12.1. The molecule has 1 aromatic rings. The molecule has 0 bridgehead atoms. The molecule has 0 spiro atoms. The fourth-order valence-electron chi connectivity index (χ4n) is 1.73. The molecule has 0 radical (unpaired) electrons. The van der Waals surface area contributed by atoms with Gasteiger partial charge in [0.05, 0.1) is 0 Å². The van der Waals surface area contributed by atoms with Gasteiger partial charge in [0.1, 0.15) is 11.6 Å². The Morgan fingerprint density at radius 1 is 1.22 bits per heavy atom. The maximum atomic E-state index is 12.9. The first-order chi connectivity index (χ1) is 8.24. The van der Waals surface area contributed by atoms with Gasteiger partial charge in [0.2, 0.25) is 0 Å². The highest BCUT2D eigenvalue weighted by molar-refractivity contribution is 14.0. The molecule has 0 saturated carbocycles. The third kappa shape index (κ3) is 4.75. The van der Waals surface area contributed by atoms with E-state index in [1.807, 2.05) is 0 Å². The van der Waals surface area contributed by atoms with Crippen molar-refractivity contribution in [3.63, 3.8) is 0 Å². The predicted octanol–water partition coefficient (Wildman–Crippen LogP) is 2.06. The molecule has 0 saturated heterocycles. The molecule has 18 heavy (non-hydrogen) atoms. The summed E-state index contributed by atoms with van der Waals surface area (Å²) in [4.78, 5) is 4.24. The van der Waals surface area contributed by atoms with Crippen molar-refractivity contribution in [2.24, 2.45) is 4.99 Å². The Morgan fingerprint density at radius 3 is 2.56 bits per heavy atom. The lowest BCUT2D eigenvalue weighted by Crippen LogP contribution is -2.41. The first kappa shape index (κ1) is 15.1. The Hall–Kier alpha value is -0.920. The number of nitrogens with one attached hydrogen (secondary N) is 2. The van der Waals surface area contributed by atoms with Crippen LogP contribution in [0.3, 0.4) is 0 Å². The summed E-state index contributed by atoms with van der Waals surface area (Å²) in [5.41, 5.74) is 0.645. The van der Waals surface area contributed by atoms with Crippen molar-refractivity contribution >= 4 is 29.9 Å². The van der Waals surface area contributed by atoms with Crippen LogP contribution < -0.4 is 10.6 Å². The molecule has 3 nitrogen and oxygen atoms in total. The van der Waals surface area contributed by atoms with E-state index < -0.39 is 11.6 Å². The van der Waals surface area contributed by atoms with Crippen LogP contribution in [-0.4, -0.2) is 25.6 Å². The molecule has 0 atom stereocenters. The summed E-state index contributed by atoms with van der Waals surface area (Å²) in [6, 6.07) is 3.57. The summed E-state index contributed by atoms with van der Waals surface area (Å²) >= 11 is 0. The maximum absolute atomic E-state index is 12.9. The molecule has 1 aromatic carbocycles. The summed E-state index contributed by atoms with van der Waals surface area (Å²) in [6.45, 7) is 2.35. The molecular formula is C12H16F2IN3. The highest BCUT2D eigenvalue weighted by Crippen LogP contribution is 2.08. The molecule has 0 aliphatic carbocycles. The van der Waals surface area contributed by atoms with Gasteiger partial charge in [0.25, 0.3) is 0 Å². The van der Waals surface area contributed by atoms with E-state index in [1.54, 1.807) is 0 Å². The number of guanidine groups is 1. The van der Waals surface area contributed by atoms with E-state index in [2.05, 4.69) is 15.6 Å². The van der Waals surface area contributed by atoms with Gasteiger partial charge in [0, 0.05) is 25.7 Å². The van der Waals surface area contributed by atoms with Crippen molar-refractivity contribution in [1.82, 2.24) is 10.6 Å². The lowest BCUT2D eigenvalue weighted by Gasteiger charge is -2.15. The van der Waals surface area contributed by atoms with Crippen molar-refractivity contribution in [2.45, 2.75) is 12.8 Å². The summed E-state index contributed by atoms with van der Waals surface area (Å²) < 4.78 is 25.8. The largest absolute Gasteiger partial charge is 0.356 e. The quantitative estimate of drug-likeness (QED) is 0.803. The van der Waals surface area contributed by atoms with E-state index in [0.29, 0.717) is 18.5 Å².